The second-order valence-electron chi connectivity index (χ2n) is 5.73. The van der Waals surface area contributed by atoms with Gasteiger partial charge in [-0.25, -0.2) is 0 Å². The van der Waals surface area contributed by atoms with E-state index in [-0.39, 0.29) is 18.2 Å². The topological polar surface area (TPSA) is 70.7 Å². The molecule has 1 fully saturated rings. The zero-order valence-corrected chi connectivity index (χ0v) is 12.9. The second kappa shape index (κ2) is 7.74. The predicted molar refractivity (Wildman–Crippen MR) is 91.1 cm³/mol. The van der Waals surface area contributed by atoms with Crippen LogP contribution in [0.3, 0.4) is 0 Å². The van der Waals surface area contributed by atoms with Gasteiger partial charge in [0.1, 0.15) is 0 Å². The van der Waals surface area contributed by atoms with E-state index in [4.69, 9.17) is 0 Å². The number of aromatic nitrogens is 2. The Balaban J connectivity index is 1.62. The summed E-state index contributed by atoms with van der Waals surface area (Å²) in [5.41, 5.74) is 1.67. The Morgan fingerprint density at radius 3 is 1.78 bits per heavy atom. The standard InChI is InChI=1S/C18H20N4O/c23-18-10-16(21-12-14-5-1-3-7-19-14)9-17(11-18)22-13-15-6-2-4-8-20-15/h1-8,12-13,16-18,23H,9-11H2/t16-,17+,18?. The Hall–Kier alpha value is -2.40. The minimum atomic E-state index is -0.361. The normalized spacial score (nSPS) is 25.2. The first-order valence-electron chi connectivity index (χ1n) is 7.86. The minimum absolute atomic E-state index is 0.0756. The Morgan fingerprint density at radius 2 is 1.35 bits per heavy atom. The summed E-state index contributed by atoms with van der Waals surface area (Å²) in [5.74, 6) is 0. The van der Waals surface area contributed by atoms with Crippen LogP contribution in [-0.2, 0) is 0 Å². The molecular weight excluding hydrogens is 288 g/mol. The third-order valence-electron chi connectivity index (χ3n) is 3.84. The first kappa shape index (κ1) is 15.5. The highest BCUT2D eigenvalue weighted by molar-refractivity contribution is 5.77. The lowest BCUT2D eigenvalue weighted by Crippen LogP contribution is -2.31. The van der Waals surface area contributed by atoms with E-state index in [1.807, 2.05) is 36.4 Å². The Bertz CT molecular complexity index is 600. The van der Waals surface area contributed by atoms with Crippen LogP contribution in [0.1, 0.15) is 30.7 Å². The number of rotatable bonds is 4. The average Bonchev–Trinajstić information content (AvgIpc) is 2.60. The van der Waals surface area contributed by atoms with E-state index in [0.29, 0.717) is 12.8 Å². The van der Waals surface area contributed by atoms with E-state index >= 15 is 0 Å². The summed E-state index contributed by atoms with van der Waals surface area (Å²) in [6, 6.07) is 11.6. The van der Waals surface area contributed by atoms with Crippen molar-refractivity contribution in [3.8, 4) is 0 Å². The molecule has 1 unspecified atom stereocenters. The van der Waals surface area contributed by atoms with Gasteiger partial charge in [0.2, 0.25) is 0 Å². The molecule has 0 spiro atoms. The van der Waals surface area contributed by atoms with Gasteiger partial charge >= 0.3 is 0 Å². The molecule has 5 nitrogen and oxygen atoms in total. The number of aliphatic hydroxyl groups excluding tert-OH is 1. The van der Waals surface area contributed by atoms with E-state index in [0.717, 1.165) is 17.8 Å². The highest BCUT2D eigenvalue weighted by Gasteiger charge is 2.26. The van der Waals surface area contributed by atoms with Gasteiger partial charge in [0.05, 0.1) is 29.6 Å². The molecule has 0 bridgehead atoms. The van der Waals surface area contributed by atoms with Crippen molar-refractivity contribution < 1.29 is 5.11 Å². The fourth-order valence-electron chi connectivity index (χ4n) is 2.74. The molecule has 1 aliphatic carbocycles. The fourth-order valence-corrected chi connectivity index (χ4v) is 2.74. The highest BCUT2D eigenvalue weighted by Crippen LogP contribution is 2.24. The van der Waals surface area contributed by atoms with Crippen molar-refractivity contribution in [1.29, 1.82) is 0 Å². The van der Waals surface area contributed by atoms with E-state index in [1.165, 1.54) is 0 Å². The third-order valence-corrected chi connectivity index (χ3v) is 3.84. The zero-order valence-electron chi connectivity index (χ0n) is 12.9. The van der Waals surface area contributed by atoms with Crippen molar-refractivity contribution in [3.05, 3.63) is 60.2 Å². The summed E-state index contributed by atoms with van der Waals surface area (Å²) in [4.78, 5) is 17.6. The largest absolute Gasteiger partial charge is 0.393 e. The van der Waals surface area contributed by atoms with Gasteiger partial charge in [-0.15, -0.1) is 0 Å². The lowest BCUT2D eigenvalue weighted by molar-refractivity contribution is 0.112. The highest BCUT2D eigenvalue weighted by atomic mass is 16.3. The SMILES string of the molecule is OC1C[C@@H](N=Cc2ccccn2)C[C@@H](N=Cc2ccccn2)C1. The molecule has 1 N–H and O–H groups in total. The van der Waals surface area contributed by atoms with Crippen LogP contribution in [0, 0.1) is 0 Å². The molecule has 118 valence electrons. The van der Waals surface area contributed by atoms with E-state index < -0.39 is 0 Å². The predicted octanol–water partition coefficient (Wildman–Crippen LogP) is 2.30. The van der Waals surface area contributed by atoms with Crippen molar-refractivity contribution in [2.45, 2.75) is 37.5 Å². The molecule has 0 amide bonds. The summed E-state index contributed by atoms with van der Waals surface area (Å²) >= 11 is 0. The van der Waals surface area contributed by atoms with Crippen LogP contribution in [0.25, 0.3) is 0 Å². The van der Waals surface area contributed by atoms with Gasteiger partial charge in [-0.05, 0) is 43.5 Å². The Labute approximate surface area is 135 Å². The van der Waals surface area contributed by atoms with Crippen molar-refractivity contribution >= 4 is 12.4 Å². The molecule has 0 saturated heterocycles. The van der Waals surface area contributed by atoms with Gasteiger partial charge in [-0.3, -0.25) is 20.0 Å². The molecule has 0 radical (unpaired) electrons. The number of hydrogen-bond donors (Lipinski definition) is 1. The van der Waals surface area contributed by atoms with E-state index in [2.05, 4.69) is 20.0 Å². The Kier molecular flexibility index (Phi) is 5.21. The summed E-state index contributed by atoms with van der Waals surface area (Å²) in [5, 5.41) is 10.1. The quantitative estimate of drug-likeness (QED) is 0.881. The van der Waals surface area contributed by atoms with Gasteiger partial charge in [0.15, 0.2) is 0 Å². The first-order valence-corrected chi connectivity index (χ1v) is 7.86. The smallest absolute Gasteiger partial charge is 0.0807 e. The molecule has 2 aromatic rings. The number of hydrogen-bond acceptors (Lipinski definition) is 5. The molecule has 0 aromatic carbocycles. The Morgan fingerprint density at radius 1 is 0.826 bits per heavy atom. The van der Waals surface area contributed by atoms with Crippen LogP contribution in [0.2, 0.25) is 0 Å². The number of nitrogens with zero attached hydrogens (tertiary/aromatic N) is 4. The minimum Gasteiger partial charge on any atom is -0.393 e. The summed E-state index contributed by atoms with van der Waals surface area (Å²) in [6.45, 7) is 0. The molecule has 23 heavy (non-hydrogen) atoms. The molecular formula is C18H20N4O. The maximum absolute atomic E-state index is 10.1. The average molecular weight is 308 g/mol. The molecule has 2 heterocycles. The van der Waals surface area contributed by atoms with Gasteiger partial charge in [0, 0.05) is 24.8 Å². The molecule has 2 aromatic heterocycles. The molecule has 0 aliphatic heterocycles. The van der Waals surface area contributed by atoms with Crippen molar-refractivity contribution in [2.75, 3.05) is 0 Å². The maximum atomic E-state index is 10.1. The van der Waals surface area contributed by atoms with E-state index in [1.54, 1.807) is 24.8 Å². The van der Waals surface area contributed by atoms with Gasteiger partial charge in [-0.1, -0.05) is 12.1 Å². The van der Waals surface area contributed by atoms with Crippen molar-refractivity contribution in [2.24, 2.45) is 9.98 Å². The lowest BCUT2D eigenvalue weighted by atomic mass is 9.89. The lowest BCUT2D eigenvalue weighted by Gasteiger charge is -2.28. The van der Waals surface area contributed by atoms with Gasteiger partial charge in [-0.2, -0.15) is 0 Å². The molecule has 3 rings (SSSR count). The molecule has 1 aliphatic rings. The van der Waals surface area contributed by atoms with Crippen LogP contribution in [0.15, 0.2) is 58.8 Å². The van der Waals surface area contributed by atoms with E-state index in [9.17, 15) is 5.11 Å². The molecule has 3 atom stereocenters. The number of aliphatic hydroxyl groups is 1. The first-order chi connectivity index (χ1) is 11.3. The van der Waals surface area contributed by atoms with Gasteiger partial charge in [0.25, 0.3) is 0 Å². The van der Waals surface area contributed by atoms with Crippen LogP contribution >= 0.6 is 0 Å². The summed E-state index contributed by atoms with van der Waals surface area (Å²) in [6.07, 6.45) is 8.89. The number of pyridine rings is 2. The molecule has 1 saturated carbocycles. The van der Waals surface area contributed by atoms with Crippen LogP contribution in [-0.4, -0.2) is 45.7 Å². The van der Waals surface area contributed by atoms with Crippen LogP contribution in [0.4, 0.5) is 0 Å². The monoisotopic (exact) mass is 308 g/mol. The summed E-state index contributed by atoms with van der Waals surface area (Å²) in [7, 11) is 0. The maximum Gasteiger partial charge on any atom is 0.0807 e. The molecule has 5 heteroatoms. The van der Waals surface area contributed by atoms with Crippen LogP contribution in [0.5, 0.6) is 0 Å². The van der Waals surface area contributed by atoms with Crippen molar-refractivity contribution in [3.63, 3.8) is 0 Å². The number of aliphatic imine (C=N–C) groups is 2. The summed E-state index contributed by atoms with van der Waals surface area (Å²) < 4.78 is 0. The second-order valence-corrected chi connectivity index (χ2v) is 5.73. The fraction of sp³-hybridized carbons (Fsp3) is 0.333. The zero-order chi connectivity index (χ0) is 15.9. The van der Waals surface area contributed by atoms with Crippen LogP contribution < -0.4 is 0 Å². The third kappa shape index (κ3) is 4.79. The van der Waals surface area contributed by atoms with Crippen molar-refractivity contribution in [1.82, 2.24) is 9.97 Å². The van der Waals surface area contributed by atoms with Gasteiger partial charge < -0.3 is 5.11 Å².